The summed E-state index contributed by atoms with van der Waals surface area (Å²) in [6.45, 7) is 4.38. The van der Waals surface area contributed by atoms with Crippen LogP contribution in [0.3, 0.4) is 0 Å². The van der Waals surface area contributed by atoms with E-state index < -0.39 is 0 Å². The van der Waals surface area contributed by atoms with Crippen molar-refractivity contribution in [3.8, 4) is 11.5 Å². The summed E-state index contributed by atoms with van der Waals surface area (Å²) in [5.74, 6) is 0.544. The van der Waals surface area contributed by atoms with Crippen LogP contribution >= 0.6 is 0 Å². The highest BCUT2D eigenvalue weighted by Gasteiger charge is 2.15. The zero-order valence-electron chi connectivity index (χ0n) is 18.9. The first-order chi connectivity index (χ1) is 16.0. The van der Waals surface area contributed by atoms with Gasteiger partial charge in [-0.2, -0.15) is 0 Å². The zero-order valence-corrected chi connectivity index (χ0v) is 18.9. The highest BCUT2D eigenvalue weighted by Crippen LogP contribution is 2.34. The van der Waals surface area contributed by atoms with Gasteiger partial charge in [0, 0.05) is 40.9 Å². The van der Waals surface area contributed by atoms with Gasteiger partial charge in [-0.05, 0) is 44.0 Å². The fraction of sp³-hybridized carbons (Fsp3) is 0.320. The molecule has 0 fully saturated rings. The van der Waals surface area contributed by atoms with E-state index in [1.807, 2.05) is 19.1 Å². The van der Waals surface area contributed by atoms with E-state index >= 15 is 4.39 Å². The summed E-state index contributed by atoms with van der Waals surface area (Å²) < 4.78 is 31.4. The smallest absolute Gasteiger partial charge is 0.305 e. The van der Waals surface area contributed by atoms with E-state index in [2.05, 4.69) is 15.0 Å². The van der Waals surface area contributed by atoms with E-state index in [0.29, 0.717) is 59.7 Å². The summed E-state index contributed by atoms with van der Waals surface area (Å²) in [6, 6.07) is 9.05. The number of carbonyl (C=O) groups excluding carboxylic acids is 1. The number of nitrogens with zero attached hydrogens (tertiary/aromatic N) is 2. The molecule has 4 rings (SSSR count). The van der Waals surface area contributed by atoms with Crippen molar-refractivity contribution in [2.75, 3.05) is 20.3 Å². The molecule has 1 N–H and O–H groups in total. The monoisotopic (exact) mass is 451 g/mol. The minimum absolute atomic E-state index is 0.246. The molecule has 0 saturated heterocycles. The van der Waals surface area contributed by atoms with Crippen molar-refractivity contribution in [2.45, 2.75) is 33.1 Å². The number of hydrogen-bond acceptors (Lipinski definition) is 6. The molecule has 0 radical (unpaired) electrons. The van der Waals surface area contributed by atoms with Gasteiger partial charge < -0.3 is 19.2 Å². The Morgan fingerprint density at radius 3 is 2.76 bits per heavy atom. The third-order valence-electron chi connectivity index (χ3n) is 5.40. The Balaban J connectivity index is 1.58. The molecule has 0 aliphatic carbocycles. The molecule has 8 heteroatoms. The van der Waals surface area contributed by atoms with E-state index in [9.17, 15) is 4.79 Å². The Morgan fingerprint density at radius 2 is 1.97 bits per heavy atom. The number of methoxy groups -OCH3 is 1. The van der Waals surface area contributed by atoms with Gasteiger partial charge in [0.15, 0.2) is 11.5 Å². The molecule has 2 heterocycles. The second-order valence-corrected chi connectivity index (χ2v) is 7.73. The minimum Gasteiger partial charge on any atom is -0.493 e. The molecular weight excluding hydrogens is 425 g/mol. The average molecular weight is 451 g/mol. The van der Waals surface area contributed by atoms with Crippen molar-refractivity contribution >= 4 is 27.8 Å². The second-order valence-electron chi connectivity index (χ2n) is 7.73. The Hall–Kier alpha value is -3.68. The molecular formula is C25H26FN3O4. The second kappa shape index (κ2) is 9.85. The van der Waals surface area contributed by atoms with Gasteiger partial charge in [-0.1, -0.05) is 6.07 Å². The molecule has 4 aromatic rings. The van der Waals surface area contributed by atoms with Gasteiger partial charge in [-0.15, -0.1) is 0 Å². The topological polar surface area (TPSA) is 86.3 Å². The number of aromatic nitrogens is 3. The molecule has 0 amide bonds. The Bertz CT molecular complexity index is 1300. The fourth-order valence-electron chi connectivity index (χ4n) is 3.83. The van der Waals surface area contributed by atoms with Gasteiger partial charge in [-0.3, -0.25) is 4.79 Å². The van der Waals surface area contributed by atoms with Crippen LogP contribution in [-0.2, 0) is 16.0 Å². The van der Waals surface area contributed by atoms with Crippen LogP contribution in [0.2, 0.25) is 0 Å². The lowest BCUT2D eigenvalue weighted by Gasteiger charge is -2.13. The average Bonchev–Trinajstić information content (AvgIpc) is 3.19. The first kappa shape index (κ1) is 22.5. The SMILES string of the molecule is CCOC(=O)CCCOc1cc2ncnc(Cc3ccc4[nH]c(C)cc4c3F)c2cc1OC. The van der Waals surface area contributed by atoms with Crippen molar-refractivity contribution in [2.24, 2.45) is 0 Å². The number of benzene rings is 2. The Morgan fingerprint density at radius 1 is 1.12 bits per heavy atom. The maximum Gasteiger partial charge on any atom is 0.305 e. The number of halogens is 1. The highest BCUT2D eigenvalue weighted by atomic mass is 19.1. The third-order valence-corrected chi connectivity index (χ3v) is 5.40. The number of aryl methyl sites for hydroxylation is 1. The number of rotatable bonds is 9. The number of fused-ring (bicyclic) bond motifs is 2. The summed E-state index contributed by atoms with van der Waals surface area (Å²) in [7, 11) is 1.55. The summed E-state index contributed by atoms with van der Waals surface area (Å²) in [6.07, 6.45) is 2.58. The molecule has 172 valence electrons. The van der Waals surface area contributed by atoms with Gasteiger partial charge in [0.05, 0.1) is 31.5 Å². The van der Waals surface area contributed by atoms with Crippen LogP contribution in [-0.4, -0.2) is 41.2 Å². The van der Waals surface area contributed by atoms with Crippen molar-refractivity contribution in [1.82, 2.24) is 15.0 Å². The van der Waals surface area contributed by atoms with Crippen molar-refractivity contribution in [1.29, 1.82) is 0 Å². The summed E-state index contributed by atoms with van der Waals surface area (Å²) in [5, 5.41) is 1.33. The number of hydrogen-bond donors (Lipinski definition) is 1. The van der Waals surface area contributed by atoms with Crippen LogP contribution in [0.1, 0.15) is 36.7 Å². The molecule has 0 bridgehead atoms. The maximum atomic E-state index is 15.1. The van der Waals surface area contributed by atoms with E-state index in [1.165, 1.54) is 6.33 Å². The van der Waals surface area contributed by atoms with Gasteiger partial charge in [0.25, 0.3) is 0 Å². The summed E-state index contributed by atoms with van der Waals surface area (Å²) in [5.41, 5.74) is 3.60. The number of ether oxygens (including phenoxy) is 3. The maximum absolute atomic E-state index is 15.1. The number of esters is 1. The van der Waals surface area contributed by atoms with Gasteiger partial charge >= 0.3 is 5.97 Å². The molecule has 0 aliphatic rings. The van der Waals surface area contributed by atoms with Gasteiger partial charge in [0.1, 0.15) is 12.1 Å². The van der Waals surface area contributed by atoms with E-state index in [-0.39, 0.29) is 18.2 Å². The number of carbonyl (C=O) groups is 1. The molecule has 0 unspecified atom stereocenters. The van der Waals surface area contributed by atoms with Crippen molar-refractivity contribution < 1.29 is 23.4 Å². The number of H-pyrrole nitrogens is 1. The van der Waals surface area contributed by atoms with Crippen LogP contribution in [0.5, 0.6) is 11.5 Å². The highest BCUT2D eigenvalue weighted by molar-refractivity contribution is 5.85. The largest absolute Gasteiger partial charge is 0.493 e. The predicted octanol–water partition coefficient (Wildman–Crippen LogP) is 4.88. The fourth-order valence-corrected chi connectivity index (χ4v) is 3.83. The molecule has 0 spiro atoms. The van der Waals surface area contributed by atoms with Crippen LogP contribution in [0.4, 0.5) is 4.39 Å². The molecule has 0 aliphatic heterocycles. The van der Waals surface area contributed by atoms with Crippen LogP contribution in [0.25, 0.3) is 21.8 Å². The summed E-state index contributed by atoms with van der Waals surface area (Å²) in [4.78, 5) is 23.4. The standard InChI is InChI=1S/C25H26FN3O4/c1-4-32-24(30)6-5-9-33-23-13-21-17(12-22(23)31-3)20(27-14-28-21)11-16-7-8-19-18(25(16)26)10-15(2)29-19/h7-8,10,12-14,29H,4-6,9,11H2,1-3H3. The lowest BCUT2D eigenvalue weighted by molar-refractivity contribution is -0.143. The van der Waals surface area contributed by atoms with Gasteiger partial charge in [0.2, 0.25) is 0 Å². The molecule has 2 aromatic carbocycles. The Kier molecular flexibility index (Phi) is 6.72. The van der Waals surface area contributed by atoms with E-state index in [4.69, 9.17) is 14.2 Å². The van der Waals surface area contributed by atoms with Crippen LogP contribution in [0.15, 0.2) is 36.7 Å². The Labute approximate surface area is 190 Å². The van der Waals surface area contributed by atoms with Crippen molar-refractivity contribution in [3.05, 3.63) is 59.4 Å². The quantitative estimate of drug-likeness (QED) is 0.288. The molecule has 0 atom stereocenters. The summed E-state index contributed by atoms with van der Waals surface area (Å²) >= 11 is 0. The zero-order chi connectivity index (χ0) is 23.4. The third kappa shape index (κ3) is 4.89. The molecule has 2 aromatic heterocycles. The molecule has 0 saturated carbocycles. The van der Waals surface area contributed by atoms with Crippen LogP contribution < -0.4 is 9.47 Å². The lowest BCUT2D eigenvalue weighted by atomic mass is 10.0. The van der Waals surface area contributed by atoms with E-state index in [1.54, 1.807) is 32.2 Å². The minimum atomic E-state index is -0.253. The normalized spacial score (nSPS) is 11.2. The van der Waals surface area contributed by atoms with Crippen LogP contribution in [0, 0.1) is 12.7 Å². The van der Waals surface area contributed by atoms with E-state index in [0.717, 1.165) is 16.6 Å². The number of nitrogens with one attached hydrogen (secondary N) is 1. The lowest BCUT2D eigenvalue weighted by Crippen LogP contribution is -2.07. The molecule has 7 nitrogen and oxygen atoms in total. The van der Waals surface area contributed by atoms with Crippen molar-refractivity contribution in [3.63, 3.8) is 0 Å². The predicted molar refractivity (Wildman–Crippen MR) is 123 cm³/mol. The first-order valence-electron chi connectivity index (χ1n) is 10.9. The number of aromatic amines is 1. The first-order valence-corrected chi connectivity index (χ1v) is 10.9. The molecule has 33 heavy (non-hydrogen) atoms. The van der Waals surface area contributed by atoms with Gasteiger partial charge in [-0.25, -0.2) is 14.4 Å².